The maximum atomic E-state index is 12.3. The number of nitrogens with two attached hydrogens (primary N) is 1. The molecule has 0 aliphatic heterocycles. The molecular weight excluding hydrogens is 169 g/mol. The number of halogens is 1. The molecule has 0 aliphatic carbocycles. The van der Waals surface area contributed by atoms with Crippen molar-refractivity contribution in [2.75, 3.05) is 0 Å². The van der Waals surface area contributed by atoms with Crippen molar-refractivity contribution >= 4 is 0 Å². The minimum Gasteiger partial charge on any atom is -0.508 e. The summed E-state index contributed by atoms with van der Waals surface area (Å²) in [4.78, 5) is 0. The number of alkyl halides is 1. The van der Waals surface area contributed by atoms with E-state index in [9.17, 15) is 9.50 Å². The van der Waals surface area contributed by atoms with Crippen molar-refractivity contribution in [1.82, 2.24) is 0 Å². The predicted octanol–water partition coefficient (Wildman–Crippen LogP) is 1.75. The second-order valence-corrected chi connectivity index (χ2v) is 3.28. The summed E-state index contributed by atoms with van der Waals surface area (Å²) in [5, 5.41) is 9.40. The van der Waals surface area contributed by atoms with Crippen LogP contribution in [0.5, 0.6) is 5.75 Å². The lowest BCUT2D eigenvalue weighted by Gasteiger charge is -2.08. The van der Waals surface area contributed by atoms with Crippen LogP contribution in [0.3, 0.4) is 0 Å². The molecule has 13 heavy (non-hydrogen) atoms. The monoisotopic (exact) mass is 183 g/mol. The third-order valence-corrected chi connectivity index (χ3v) is 1.84. The van der Waals surface area contributed by atoms with Crippen molar-refractivity contribution in [1.29, 1.82) is 0 Å². The Labute approximate surface area is 77.2 Å². The van der Waals surface area contributed by atoms with E-state index in [-0.39, 0.29) is 11.8 Å². The number of aromatic hydroxyl groups is 1. The van der Waals surface area contributed by atoms with Crippen LogP contribution in [0.2, 0.25) is 0 Å². The van der Waals surface area contributed by atoms with Crippen LogP contribution >= 0.6 is 0 Å². The molecule has 72 valence electrons. The molecule has 0 aliphatic rings. The largest absolute Gasteiger partial charge is 0.508 e. The highest BCUT2D eigenvalue weighted by atomic mass is 19.1. The number of phenolic OH excluding ortho intramolecular Hbond substituents is 1. The van der Waals surface area contributed by atoms with Gasteiger partial charge in [-0.2, -0.15) is 0 Å². The van der Waals surface area contributed by atoms with Gasteiger partial charge in [-0.3, -0.25) is 0 Å². The molecule has 1 aromatic rings. The van der Waals surface area contributed by atoms with E-state index in [1.807, 2.05) is 6.92 Å². The molecule has 0 radical (unpaired) electrons. The van der Waals surface area contributed by atoms with Crippen LogP contribution in [0, 0.1) is 0 Å². The molecule has 1 unspecified atom stereocenters. The molecule has 1 rings (SSSR count). The summed E-state index contributed by atoms with van der Waals surface area (Å²) in [7, 11) is 0. The Morgan fingerprint density at radius 3 is 2.77 bits per heavy atom. The topological polar surface area (TPSA) is 46.2 Å². The van der Waals surface area contributed by atoms with Gasteiger partial charge in [0.25, 0.3) is 0 Å². The first kappa shape index (κ1) is 9.99. The summed E-state index contributed by atoms with van der Waals surface area (Å²) in [5.41, 5.74) is 6.87. The molecule has 0 heterocycles. The molecule has 3 N–H and O–H groups in total. The van der Waals surface area contributed by atoms with Crippen LogP contribution in [-0.2, 0) is 13.1 Å². The fourth-order valence-electron chi connectivity index (χ4n) is 1.23. The molecular formula is C10H14FNO. The predicted molar refractivity (Wildman–Crippen MR) is 50.3 cm³/mol. The van der Waals surface area contributed by atoms with E-state index < -0.39 is 6.67 Å². The number of rotatable bonds is 3. The summed E-state index contributed by atoms with van der Waals surface area (Å²) in [6, 6.07) is 4.70. The van der Waals surface area contributed by atoms with E-state index >= 15 is 0 Å². The first-order valence-electron chi connectivity index (χ1n) is 4.25. The van der Waals surface area contributed by atoms with Crippen LogP contribution in [0.1, 0.15) is 18.1 Å². The lowest BCUT2D eigenvalue weighted by molar-refractivity contribution is 0.461. The normalized spacial score (nSPS) is 12.8. The Balaban J connectivity index is 2.90. The Morgan fingerprint density at radius 1 is 1.54 bits per heavy atom. The highest BCUT2D eigenvalue weighted by Crippen LogP contribution is 2.20. The minimum absolute atomic E-state index is 0.0271. The third-order valence-electron chi connectivity index (χ3n) is 1.84. The van der Waals surface area contributed by atoms with Crippen LogP contribution in [-0.4, -0.2) is 11.1 Å². The van der Waals surface area contributed by atoms with Crippen molar-refractivity contribution in [2.24, 2.45) is 5.73 Å². The molecule has 0 spiro atoms. The van der Waals surface area contributed by atoms with Gasteiger partial charge in [-0.15, -0.1) is 0 Å². The highest BCUT2D eigenvalue weighted by molar-refractivity contribution is 5.36. The van der Waals surface area contributed by atoms with Gasteiger partial charge < -0.3 is 10.8 Å². The van der Waals surface area contributed by atoms with Crippen molar-refractivity contribution in [3.8, 4) is 5.75 Å². The molecule has 0 fully saturated rings. The van der Waals surface area contributed by atoms with Crippen molar-refractivity contribution in [2.45, 2.75) is 26.1 Å². The quantitative estimate of drug-likeness (QED) is 0.750. The van der Waals surface area contributed by atoms with Gasteiger partial charge in [0.15, 0.2) is 0 Å². The van der Waals surface area contributed by atoms with Gasteiger partial charge in [-0.1, -0.05) is 6.07 Å². The fraction of sp³-hybridized carbons (Fsp3) is 0.400. The number of phenols is 1. The lowest BCUT2D eigenvalue weighted by Crippen LogP contribution is -2.17. The SMILES string of the molecule is CC(N)Cc1cc(CF)ccc1O. The van der Waals surface area contributed by atoms with Gasteiger partial charge in [0.2, 0.25) is 0 Å². The van der Waals surface area contributed by atoms with Gasteiger partial charge in [-0.05, 0) is 36.6 Å². The van der Waals surface area contributed by atoms with Crippen molar-refractivity contribution in [3.63, 3.8) is 0 Å². The maximum Gasteiger partial charge on any atom is 0.118 e. The number of hydrogen-bond donors (Lipinski definition) is 2. The second-order valence-electron chi connectivity index (χ2n) is 3.28. The Bertz CT molecular complexity index is 286. The fourth-order valence-corrected chi connectivity index (χ4v) is 1.23. The standard InChI is InChI=1S/C10H14FNO/c1-7(12)4-9-5-8(6-11)2-3-10(9)13/h2-3,5,7,13H,4,6,12H2,1H3. The zero-order chi connectivity index (χ0) is 9.84. The second kappa shape index (κ2) is 4.23. The Kier molecular flexibility index (Phi) is 3.25. The summed E-state index contributed by atoms with van der Waals surface area (Å²) >= 11 is 0. The first-order valence-corrected chi connectivity index (χ1v) is 4.25. The Morgan fingerprint density at radius 2 is 2.23 bits per heavy atom. The van der Waals surface area contributed by atoms with E-state index in [1.54, 1.807) is 12.1 Å². The number of benzene rings is 1. The van der Waals surface area contributed by atoms with Gasteiger partial charge in [0.1, 0.15) is 12.4 Å². The first-order chi connectivity index (χ1) is 6.13. The van der Waals surface area contributed by atoms with Crippen LogP contribution in [0.25, 0.3) is 0 Å². The molecule has 0 aromatic heterocycles. The molecule has 0 saturated heterocycles. The lowest BCUT2D eigenvalue weighted by atomic mass is 10.0. The Hall–Kier alpha value is -1.09. The van der Waals surface area contributed by atoms with Gasteiger partial charge >= 0.3 is 0 Å². The average molecular weight is 183 g/mol. The van der Waals surface area contributed by atoms with Gasteiger partial charge in [0, 0.05) is 6.04 Å². The summed E-state index contributed by atoms with van der Waals surface area (Å²) in [6.45, 7) is 1.34. The molecule has 3 heteroatoms. The van der Waals surface area contributed by atoms with E-state index in [2.05, 4.69) is 0 Å². The maximum absolute atomic E-state index is 12.3. The zero-order valence-electron chi connectivity index (χ0n) is 7.63. The van der Waals surface area contributed by atoms with E-state index in [4.69, 9.17) is 5.73 Å². The molecule has 0 bridgehead atoms. The third kappa shape index (κ3) is 2.70. The summed E-state index contributed by atoms with van der Waals surface area (Å²) in [5.74, 6) is 0.189. The van der Waals surface area contributed by atoms with Crippen molar-refractivity contribution < 1.29 is 9.50 Å². The average Bonchev–Trinajstić information content (AvgIpc) is 2.08. The van der Waals surface area contributed by atoms with Gasteiger partial charge in [-0.25, -0.2) is 4.39 Å². The van der Waals surface area contributed by atoms with Gasteiger partial charge in [0.05, 0.1) is 0 Å². The highest BCUT2D eigenvalue weighted by Gasteiger charge is 2.04. The van der Waals surface area contributed by atoms with E-state index in [0.717, 1.165) is 0 Å². The van der Waals surface area contributed by atoms with Crippen molar-refractivity contribution in [3.05, 3.63) is 29.3 Å². The molecule has 1 atom stereocenters. The van der Waals surface area contributed by atoms with Crippen LogP contribution in [0.4, 0.5) is 4.39 Å². The molecule has 0 saturated carbocycles. The zero-order valence-corrected chi connectivity index (χ0v) is 7.63. The molecule has 0 amide bonds. The smallest absolute Gasteiger partial charge is 0.118 e. The summed E-state index contributed by atoms with van der Waals surface area (Å²) in [6.07, 6.45) is 0.569. The van der Waals surface area contributed by atoms with E-state index in [0.29, 0.717) is 17.5 Å². The number of hydrogen-bond acceptors (Lipinski definition) is 2. The van der Waals surface area contributed by atoms with Crippen LogP contribution in [0.15, 0.2) is 18.2 Å². The molecule has 1 aromatic carbocycles. The summed E-state index contributed by atoms with van der Waals surface area (Å²) < 4.78 is 12.3. The van der Waals surface area contributed by atoms with E-state index in [1.165, 1.54) is 6.07 Å². The minimum atomic E-state index is -0.508. The van der Waals surface area contributed by atoms with Crippen LogP contribution < -0.4 is 5.73 Å². The molecule has 2 nitrogen and oxygen atoms in total.